The lowest BCUT2D eigenvalue weighted by Gasteiger charge is -2.07. The molecular weight excluding hydrogens is 280 g/mol. The van der Waals surface area contributed by atoms with E-state index in [4.69, 9.17) is 5.11 Å². The number of anilines is 1. The van der Waals surface area contributed by atoms with Crippen LogP contribution in [0.1, 0.15) is 20.8 Å². The summed E-state index contributed by atoms with van der Waals surface area (Å²) in [6.07, 6.45) is 1.44. The van der Waals surface area contributed by atoms with Gasteiger partial charge in [-0.15, -0.1) is 0 Å². The fourth-order valence-electron chi connectivity index (χ4n) is 2.22. The summed E-state index contributed by atoms with van der Waals surface area (Å²) in [5.74, 6) is -1.29. The van der Waals surface area contributed by atoms with Crippen molar-refractivity contribution >= 4 is 28.3 Å². The lowest BCUT2D eigenvalue weighted by atomic mass is 10.1. The van der Waals surface area contributed by atoms with Gasteiger partial charge < -0.3 is 10.4 Å². The van der Waals surface area contributed by atoms with E-state index in [1.165, 1.54) is 6.20 Å². The van der Waals surface area contributed by atoms with Gasteiger partial charge in [-0.1, -0.05) is 18.2 Å². The first-order valence-electron chi connectivity index (χ1n) is 6.63. The second-order valence-electron chi connectivity index (χ2n) is 4.72. The number of pyridine rings is 1. The van der Waals surface area contributed by atoms with E-state index in [-0.39, 0.29) is 11.6 Å². The molecule has 108 valence electrons. The van der Waals surface area contributed by atoms with Crippen molar-refractivity contribution in [2.75, 3.05) is 5.32 Å². The summed E-state index contributed by atoms with van der Waals surface area (Å²) in [5.41, 5.74) is 1.16. The first-order valence-corrected chi connectivity index (χ1v) is 6.63. The number of carboxylic acid groups (broad SMARTS) is 1. The number of rotatable bonds is 3. The second kappa shape index (κ2) is 5.65. The topological polar surface area (TPSA) is 79.3 Å². The van der Waals surface area contributed by atoms with Crippen LogP contribution in [0.4, 0.5) is 5.69 Å². The van der Waals surface area contributed by atoms with Crippen LogP contribution < -0.4 is 5.32 Å². The van der Waals surface area contributed by atoms with E-state index in [1.807, 2.05) is 6.07 Å². The highest BCUT2D eigenvalue weighted by molar-refractivity contribution is 6.06. The van der Waals surface area contributed by atoms with Crippen molar-refractivity contribution < 1.29 is 14.7 Å². The number of carbonyl (C=O) groups excluding carboxylic acids is 1. The molecule has 1 aromatic heterocycles. The normalized spacial score (nSPS) is 10.4. The summed E-state index contributed by atoms with van der Waals surface area (Å²) in [6, 6.07) is 15.6. The van der Waals surface area contributed by atoms with Crippen LogP contribution in [-0.4, -0.2) is 22.0 Å². The van der Waals surface area contributed by atoms with Gasteiger partial charge in [0, 0.05) is 22.8 Å². The third kappa shape index (κ3) is 2.64. The Kier molecular flexibility index (Phi) is 3.53. The lowest BCUT2D eigenvalue weighted by Crippen LogP contribution is -2.11. The van der Waals surface area contributed by atoms with Gasteiger partial charge in [0.2, 0.25) is 0 Å². The molecule has 0 aliphatic rings. The maximum Gasteiger partial charge on any atom is 0.355 e. The van der Waals surface area contributed by atoms with Crippen molar-refractivity contribution in [3.05, 3.63) is 72.1 Å². The molecule has 3 rings (SSSR count). The van der Waals surface area contributed by atoms with Crippen LogP contribution in [-0.2, 0) is 0 Å². The quantitative estimate of drug-likeness (QED) is 0.777. The summed E-state index contributed by atoms with van der Waals surface area (Å²) in [4.78, 5) is 27.1. The minimum Gasteiger partial charge on any atom is -0.476 e. The zero-order valence-electron chi connectivity index (χ0n) is 11.5. The van der Waals surface area contributed by atoms with Crippen molar-refractivity contribution in [2.24, 2.45) is 0 Å². The summed E-state index contributed by atoms with van der Waals surface area (Å²) in [7, 11) is 0. The van der Waals surface area contributed by atoms with E-state index in [2.05, 4.69) is 10.3 Å². The highest BCUT2D eigenvalue weighted by Gasteiger charge is 2.11. The molecule has 5 heteroatoms. The Hall–Kier alpha value is -3.21. The SMILES string of the molecule is O=C(Nc1ccc2c(C(=O)O)nccc2c1)c1ccccc1. The lowest BCUT2D eigenvalue weighted by molar-refractivity contribution is 0.0692. The molecule has 0 aliphatic heterocycles. The van der Waals surface area contributed by atoms with Gasteiger partial charge in [0.1, 0.15) is 0 Å². The number of nitrogens with zero attached hydrogens (tertiary/aromatic N) is 1. The number of hydrogen-bond acceptors (Lipinski definition) is 3. The van der Waals surface area contributed by atoms with E-state index in [0.29, 0.717) is 22.0 Å². The molecule has 0 saturated heterocycles. The van der Waals surface area contributed by atoms with Gasteiger partial charge in [-0.2, -0.15) is 0 Å². The fraction of sp³-hybridized carbons (Fsp3) is 0. The van der Waals surface area contributed by atoms with Crippen LogP contribution in [0.3, 0.4) is 0 Å². The third-order valence-electron chi connectivity index (χ3n) is 3.26. The Bertz CT molecular complexity index is 860. The molecule has 0 unspecified atom stereocenters. The number of benzene rings is 2. The number of hydrogen-bond donors (Lipinski definition) is 2. The van der Waals surface area contributed by atoms with Crippen LogP contribution in [0.2, 0.25) is 0 Å². The van der Waals surface area contributed by atoms with E-state index >= 15 is 0 Å². The average Bonchev–Trinajstić information content (AvgIpc) is 2.54. The van der Waals surface area contributed by atoms with Gasteiger partial charge in [-0.25, -0.2) is 9.78 Å². The predicted molar refractivity (Wildman–Crippen MR) is 83.1 cm³/mol. The molecule has 0 atom stereocenters. The Morgan fingerprint density at radius 1 is 1.00 bits per heavy atom. The molecule has 22 heavy (non-hydrogen) atoms. The zero-order valence-corrected chi connectivity index (χ0v) is 11.5. The number of fused-ring (bicyclic) bond motifs is 1. The molecule has 3 aromatic rings. The maximum atomic E-state index is 12.1. The first kappa shape index (κ1) is 13.8. The van der Waals surface area contributed by atoms with Gasteiger partial charge in [0.15, 0.2) is 5.69 Å². The van der Waals surface area contributed by atoms with Crippen LogP contribution in [0, 0.1) is 0 Å². The number of aromatic nitrogens is 1. The Morgan fingerprint density at radius 3 is 2.50 bits per heavy atom. The summed E-state index contributed by atoms with van der Waals surface area (Å²) < 4.78 is 0. The number of aromatic carboxylic acids is 1. The molecule has 0 bridgehead atoms. The van der Waals surface area contributed by atoms with Crippen molar-refractivity contribution in [3.63, 3.8) is 0 Å². The van der Waals surface area contributed by atoms with Crippen molar-refractivity contribution in [1.29, 1.82) is 0 Å². The highest BCUT2D eigenvalue weighted by atomic mass is 16.4. The Balaban J connectivity index is 1.93. The molecule has 1 heterocycles. The van der Waals surface area contributed by atoms with Gasteiger partial charge in [-0.05, 0) is 41.8 Å². The molecule has 0 spiro atoms. The average molecular weight is 292 g/mol. The number of carboxylic acids is 1. The largest absolute Gasteiger partial charge is 0.476 e. The second-order valence-corrected chi connectivity index (χ2v) is 4.72. The highest BCUT2D eigenvalue weighted by Crippen LogP contribution is 2.21. The molecule has 0 saturated carbocycles. The molecule has 0 aliphatic carbocycles. The number of carbonyl (C=O) groups is 2. The molecule has 5 nitrogen and oxygen atoms in total. The minimum atomic E-state index is -1.08. The van der Waals surface area contributed by atoms with Gasteiger partial charge in [0.05, 0.1) is 0 Å². The molecule has 0 fully saturated rings. The summed E-state index contributed by atoms with van der Waals surface area (Å²) in [6.45, 7) is 0. The van der Waals surface area contributed by atoms with E-state index in [9.17, 15) is 9.59 Å². The van der Waals surface area contributed by atoms with Crippen LogP contribution in [0.5, 0.6) is 0 Å². The van der Waals surface area contributed by atoms with Crippen LogP contribution >= 0.6 is 0 Å². The molecule has 2 aromatic carbocycles. The first-order chi connectivity index (χ1) is 10.6. The third-order valence-corrected chi connectivity index (χ3v) is 3.26. The fourth-order valence-corrected chi connectivity index (χ4v) is 2.22. The molecule has 2 N–H and O–H groups in total. The zero-order chi connectivity index (χ0) is 15.5. The predicted octanol–water partition coefficient (Wildman–Crippen LogP) is 3.19. The van der Waals surface area contributed by atoms with E-state index in [0.717, 1.165) is 0 Å². The summed E-state index contributed by atoms with van der Waals surface area (Å²) >= 11 is 0. The molecule has 0 radical (unpaired) electrons. The van der Waals surface area contributed by atoms with Crippen molar-refractivity contribution in [1.82, 2.24) is 4.98 Å². The van der Waals surface area contributed by atoms with E-state index < -0.39 is 5.97 Å². The van der Waals surface area contributed by atoms with Gasteiger partial charge in [-0.3, -0.25) is 4.79 Å². The van der Waals surface area contributed by atoms with Crippen molar-refractivity contribution in [2.45, 2.75) is 0 Å². The summed E-state index contributed by atoms with van der Waals surface area (Å²) in [5, 5.41) is 13.1. The van der Waals surface area contributed by atoms with Crippen LogP contribution in [0.15, 0.2) is 60.8 Å². The number of amides is 1. The monoisotopic (exact) mass is 292 g/mol. The van der Waals surface area contributed by atoms with Crippen molar-refractivity contribution in [3.8, 4) is 0 Å². The van der Waals surface area contributed by atoms with Gasteiger partial charge >= 0.3 is 5.97 Å². The van der Waals surface area contributed by atoms with Crippen LogP contribution in [0.25, 0.3) is 10.8 Å². The van der Waals surface area contributed by atoms with E-state index in [1.54, 1.807) is 48.5 Å². The number of nitrogens with one attached hydrogen (secondary N) is 1. The Morgan fingerprint density at radius 2 is 1.77 bits per heavy atom. The Labute approximate surface area is 126 Å². The van der Waals surface area contributed by atoms with Gasteiger partial charge in [0.25, 0.3) is 5.91 Å². The molecule has 1 amide bonds. The standard InChI is InChI=1S/C17H12N2O3/c20-16(11-4-2-1-3-5-11)19-13-6-7-14-12(10-13)8-9-18-15(14)17(21)22/h1-10H,(H,19,20)(H,21,22). The molecular formula is C17H12N2O3. The smallest absolute Gasteiger partial charge is 0.355 e. The maximum absolute atomic E-state index is 12.1. The minimum absolute atomic E-state index is 0.00145.